The van der Waals surface area contributed by atoms with E-state index in [1.165, 1.54) is 0 Å². The summed E-state index contributed by atoms with van der Waals surface area (Å²) in [5.41, 5.74) is 0.919. The third-order valence-electron chi connectivity index (χ3n) is 2.30. The number of hydrogen-bond acceptors (Lipinski definition) is 2. The van der Waals surface area contributed by atoms with Crippen molar-refractivity contribution in [2.75, 3.05) is 0 Å². The maximum Gasteiger partial charge on any atom is 0.175 e. The summed E-state index contributed by atoms with van der Waals surface area (Å²) in [7, 11) is -1.85. The maximum atomic E-state index is 11.2. The average molecular weight is 211 g/mol. The van der Waals surface area contributed by atoms with E-state index in [1.54, 1.807) is 0 Å². The molecule has 0 aromatic heterocycles. The SMILES string of the molecule is CC(C)(C)S(N)(C=O)c1ccccc1. The number of rotatable bonds is 2. The molecule has 2 N–H and O–H groups in total. The molecule has 0 saturated heterocycles. The van der Waals surface area contributed by atoms with E-state index in [9.17, 15) is 4.79 Å². The Morgan fingerprint density at radius 3 is 2.07 bits per heavy atom. The fourth-order valence-electron chi connectivity index (χ4n) is 1.20. The Morgan fingerprint density at radius 2 is 1.71 bits per heavy atom. The van der Waals surface area contributed by atoms with Crippen LogP contribution in [-0.2, 0) is 4.79 Å². The molecule has 0 heterocycles. The summed E-state index contributed by atoms with van der Waals surface area (Å²) in [4.78, 5) is 12.1. The standard InChI is InChI=1S/C11H17NOS/c1-11(2,3)14(12,9-13)10-7-5-4-6-8-10/h4-9H,12H2,1-3H3. The molecule has 0 saturated carbocycles. The molecular formula is C11H17NOS. The monoisotopic (exact) mass is 211 g/mol. The molecule has 0 spiro atoms. The number of benzene rings is 1. The topological polar surface area (TPSA) is 43.1 Å². The number of nitrogens with two attached hydrogens (primary N) is 1. The molecule has 0 aliphatic carbocycles. The summed E-state index contributed by atoms with van der Waals surface area (Å²) < 4.78 is -0.198. The van der Waals surface area contributed by atoms with Crippen molar-refractivity contribution in [2.45, 2.75) is 30.4 Å². The van der Waals surface area contributed by atoms with E-state index in [0.29, 0.717) is 0 Å². The van der Waals surface area contributed by atoms with Crippen molar-refractivity contribution in [1.82, 2.24) is 0 Å². The highest BCUT2D eigenvalue weighted by atomic mass is 32.3. The predicted molar refractivity (Wildman–Crippen MR) is 63.0 cm³/mol. The molecule has 1 rings (SSSR count). The first-order valence-electron chi connectivity index (χ1n) is 4.53. The molecule has 0 aliphatic rings. The second-order valence-corrected chi connectivity index (χ2v) is 7.54. The Balaban J connectivity index is 3.22. The number of hydrogen-bond donors (Lipinski definition) is 1. The normalized spacial score (nSPS) is 18.3. The van der Waals surface area contributed by atoms with Crippen LogP contribution in [0.5, 0.6) is 0 Å². The molecular weight excluding hydrogens is 194 g/mol. The largest absolute Gasteiger partial charge is 0.291 e. The molecule has 0 aliphatic heterocycles. The molecule has 0 fully saturated rings. The van der Waals surface area contributed by atoms with Gasteiger partial charge in [-0.1, -0.05) is 39.0 Å². The molecule has 1 atom stereocenters. The van der Waals surface area contributed by atoms with E-state index in [1.807, 2.05) is 51.1 Å². The van der Waals surface area contributed by atoms with Crippen molar-refractivity contribution in [1.29, 1.82) is 0 Å². The molecule has 1 unspecified atom stereocenters. The minimum atomic E-state index is -1.85. The van der Waals surface area contributed by atoms with Crippen LogP contribution in [0, 0.1) is 0 Å². The fourth-order valence-corrected chi connectivity index (χ4v) is 2.91. The van der Waals surface area contributed by atoms with Gasteiger partial charge in [-0.05, 0) is 12.1 Å². The Hall–Kier alpha value is -0.800. The van der Waals surface area contributed by atoms with Crippen molar-refractivity contribution >= 4 is 15.8 Å². The summed E-state index contributed by atoms with van der Waals surface area (Å²) in [6.45, 7) is 6.01. The number of carbonyl (C=O) groups excluding carboxylic acids is 1. The average Bonchev–Trinajstić information content (AvgIpc) is 2.16. The fraction of sp³-hybridized carbons (Fsp3) is 0.364. The van der Waals surface area contributed by atoms with Gasteiger partial charge in [0.15, 0.2) is 5.62 Å². The van der Waals surface area contributed by atoms with Gasteiger partial charge < -0.3 is 0 Å². The zero-order valence-corrected chi connectivity index (χ0v) is 9.67. The lowest BCUT2D eigenvalue weighted by atomic mass is 10.3. The van der Waals surface area contributed by atoms with Crippen molar-refractivity contribution in [3.8, 4) is 0 Å². The van der Waals surface area contributed by atoms with Crippen LogP contribution in [0.3, 0.4) is 0 Å². The second-order valence-electron chi connectivity index (χ2n) is 4.23. The van der Waals surface area contributed by atoms with E-state index < -0.39 is 10.2 Å². The van der Waals surface area contributed by atoms with Crippen LogP contribution in [0.2, 0.25) is 0 Å². The number of carbonyl (C=O) groups is 1. The Morgan fingerprint density at radius 1 is 1.21 bits per heavy atom. The summed E-state index contributed by atoms with van der Waals surface area (Å²) in [5.74, 6) is 0. The van der Waals surface area contributed by atoms with Gasteiger partial charge in [0.1, 0.15) is 0 Å². The minimum Gasteiger partial charge on any atom is -0.291 e. The van der Waals surface area contributed by atoms with Crippen LogP contribution >= 0.6 is 10.2 Å². The van der Waals surface area contributed by atoms with E-state index in [2.05, 4.69) is 0 Å². The molecule has 0 radical (unpaired) electrons. The summed E-state index contributed by atoms with van der Waals surface area (Å²) in [6, 6.07) is 9.61. The summed E-state index contributed by atoms with van der Waals surface area (Å²) in [5, 5.41) is 6.21. The van der Waals surface area contributed by atoms with Gasteiger partial charge >= 0.3 is 0 Å². The van der Waals surface area contributed by atoms with Gasteiger partial charge in [-0.3, -0.25) is 9.93 Å². The molecule has 2 nitrogen and oxygen atoms in total. The smallest absolute Gasteiger partial charge is 0.175 e. The molecule has 0 bridgehead atoms. The van der Waals surface area contributed by atoms with E-state index in [0.717, 1.165) is 10.5 Å². The van der Waals surface area contributed by atoms with Crippen molar-refractivity contribution in [3.63, 3.8) is 0 Å². The third kappa shape index (κ3) is 1.83. The molecule has 78 valence electrons. The maximum absolute atomic E-state index is 11.2. The highest BCUT2D eigenvalue weighted by Crippen LogP contribution is 2.56. The van der Waals surface area contributed by atoms with Gasteiger partial charge in [-0.25, -0.2) is 0 Å². The van der Waals surface area contributed by atoms with Crippen molar-refractivity contribution in [3.05, 3.63) is 30.3 Å². The van der Waals surface area contributed by atoms with Crippen LogP contribution in [0.4, 0.5) is 0 Å². The molecule has 14 heavy (non-hydrogen) atoms. The van der Waals surface area contributed by atoms with Crippen LogP contribution in [-0.4, -0.2) is 10.4 Å². The van der Waals surface area contributed by atoms with Gasteiger partial charge in [0.25, 0.3) is 0 Å². The second kappa shape index (κ2) is 3.75. The van der Waals surface area contributed by atoms with Crippen molar-refractivity contribution < 1.29 is 4.79 Å². The summed E-state index contributed by atoms with van der Waals surface area (Å²) in [6.07, 6.45) is 0. The van der Waals surface area contributed by atoms with Gasteiger partial charge in [0, 0.05) is 9.64 Å². The van der Waals surface area contributed by atoms with Gasteiger partial charge in [-0.2, -0.15) is 0 Å². The minimum absolute atomic E-state index is 0.198. The van der Waals surface area contributed by atoms with Crippen LogP contribution in [0.1, 0.15) is 20.8 Å². The first kappa shape index (κ1) is 11.3. The zero-order valence-electron chi connectivity index (χ0n) is 8.86. The Labute approximate surface area is 87.0 Å². The van der Waals surface area contributed by atoms with Gasteiger partial charge in [0.2, 0.25) is 0 Å². The van der Waals surface area contributed by atoms with Crippen molar-refractivity contribution in [2.24, 2.45) is 5.14 Å². The van der Waals surface area contributed by atoms with Gasteiger partial charge in [-0.15, -0.1) is 10.2 Å². The lowest BCUT2D eigenvalue weighted by Gasteiger charge is -2.42. The van der Waals surface area contributed by atoms with E-state index >= 15 is 0 Å². The van der Waals surface area contributed by atoms with E-state index in [4.69, 9.17) is 5.14 Å². The molecule has 0 amide bonds. The van der Waals surface area contributed by atoms with E-state index in [-0.39, 0.29) is 4.75 Å². The zero-order chi connectivity index (χ0) is 10.8. The molecule has 3 heteroatoms. The highest BCUT2D eigenvalue weighted by Gasteiger charge is 2.34. The summed E-state index contributed by atoms with van der Waals surface area (Å²) >= 11 is 0. The van der Waals surface area contributed by atoms with Crippen LogP contribution in [0.15, 0.2) is 35.2 Å². The molecule has 1 aromatic carbocycles. The Bertz CT molecular complexity index is 318. The first-order valence-corrected chi connectivity index (χ1v) is 6.29. The van der Waals surface area contributed by atoms with Gasteiger partial charge in [0.05, 0.1) is 0 Å². The lowest BCUT2D eigenvalue weighted by Crippen LogP contribution is -2.32. The third-order valence-corrected chi connectivity index (χ3v) is 5.68. The van der Waals surface area contributed by atoms with Crippen LogP contribution in [0.25, 0.3) is 0 Å². The highest BCUT2D eigenvalue weighted by molar-refractivity contribution is 8.43. The molecule has 1 aromatic rings. The Kier molecular flexibility index (Phi) is 3.02. The first-order chi connectivity index (χ1) is 6.42. The lowest BCUT2D eigenvalue weighted by molar-refractivity contribution is 0.568. The quantitative estimate of drug-likeness (QED) is 0.764. The van der Waals surface area contributed by atoms with Crippen LogP contribution < -0.4 is 5.14 Å². The predicted octanol–water partition coefficient (Wildman–Crippen LogP) is 2.71.